The molecule has 0 fully saturated rings. The molecular weight excluding hydrogens is 298 g/mol. The lowest BCUT2D eigenvalue weighted by Crippen LogP contribution is -2.15. The van der Waals surface area contributed by atoms with Crippen molar-refractivity contribution in [2.24, 2.45) is 0 Å². The standard InChI is InChI=1S/C15H17N5OS/c1-8(2)14-18-19-15(22-14)17-13(21)11-10(4)16-12-9(3)6-5-7-20(11)12/h5-8H,1-4H3,(H,17,19,21). The summed E-state index contributed by atoms with van der Waals surface area (Å²) in [5.74, 6) is 0.0744. The normalized spacial score (nSPS) is 11.3. The Kier molecular flexibility index (Phi) is 3.66. The van der Waals surface area contributed by atoms with Crippen LogP contribution in [0.15, 0.2) is 18.3 Å². The van der Waals surface area contributed by atoms with E-state index in [0.29, 0.717) is 22.4 Å². The van der Waals surface area contributed by atoms with Crippen LogP contribution in [0.1, 0.15) is 46.5 Å². The van der Waals surface area contributed by atoms with E-state index in [9.17, 15) is 4.79 Å². The molecule has 0 aliphatic heterocycles. The number of rotatable bonds is 3. The van der Waals surface area contributed by atoms with Crippen molar-refractivity contribution in [2.75, 3.05) is 5.32 Å². The monoisotopic (exact) mass is 315 g/mol. The van der Waals surface area contributed by atoms with Crippen LogP contribution in [-0.2, 0) is 0 Å². The maximum absolute atomic E-state index is 12.6. The van der Waals surface area contributed by atoms with E-state index in [4.69, 9.17) is 0 Å². The van der Waals surface area contributed by atoms with Crippen LogP contribution in [0.2, 0.25) is 0 Å². The van der Waals surface area contributed by atoms with Crippen molar-refractivity contribution in [2.45, 2.75) is 33.6 Å². The number of aryl methyl sites for hydroxylation is 2. The fourth-order valence-electron chi connectivity index (χ4n) is 2.27. The Balaban J connectivity index is 1.95. The van der Waals surface area contributed by atoms with Gasteiger partial charge >= 0.3 is 0 Å². The molecule has 114 valence electrons. The summed E-state index contributed by atoms with van der Waals surface area (Å²) in [4.78, 5) is 17.0. The van der Waals surface area contributed by atoms with Gasteiger partial charge in [0.15, 0.2) is 0 Å². The number of carbonyl (C=O) groups is 1. The van der Waals surface area contributed by atoms with Crippen LogP contribution in [-0.4, -0.2) is 25.5 Å². The third-order valence-corrected chi connectivity index (χ3v) is 4.53. The summed E-state index contributed by atoms with van der Waals surface area (Å²) in [6.07, 6.45) is 1.84. The quantitative estimate of drug-likeness (QED) is 0.805. The molecule has 22 heavy (non-hydrogen) atoms. The van der Waals surface area contributed by atoms with Crippen LogP contribution < -0.4 is 5.32 Å². The van der Waals surface area contributed by atoms with Crippen LogP contribution in [0.25, 0.3) is 5.65 Å². The van der Waals surface area contributed by atoms with E-state index >= 15 is 0 Å². The molecule has 1 amide bonds. The van der Waals surface area contributed by atoms with Gasteiger partial charge in [0.1, 0.15) is 16.3 Å². The summed E-state index contributed by atoms with van der Waals surface area (Å²) in [6, 6.07) is 3.88. The van der Waals surface area contributed by atoms with Gasteiger partial charge in [0.2, 0.25) is 5.13 Å². The number of hydrogen-bond acceptors (Lipinski definition) is 5. The van der Waals surface area contributed by atoms with Crippen LogP contribution in [0.5, 0.6) is 0 Å². The largest absolute Gasteiger partial charge is 0.295 e. The fraction of sp³-hybridized carbons (Fsp3) is 0.333. The Labute approximate surface area is 132 Å². The number of imidazole rings is 1. The van der Waals surface area contributed by atoms with E-state index in [1.165, 1.54) is 11.3 Å². The minimum Gasteiger partial charge on any atom is -0.295 e. The van der Waals surface area contributed by atoms with Gasteiger partial charge < -0.3 is 0 Å². The first-order chi connectivity index (χ1) is 10.5. The second-order valence-electron chi connectivity index (χ2n) is 5.48. The van der Waals surface area contributed by atoms with Crippen LogP contribution in [0, 0.1) is 13.8 Å². The molecule has 0 unspecified atom stereocenters. The Hall–Kier alpha value is -2.28. The molecule has 0 aliphatic rings. The average Bonchev–Trinajstić information content (AvgIpc) is 3.03. The number of carbonyl (C=O) groups excluding carboxylic acids is 1. The predicted octanol–water partition coefficient (Wildman–Crippen LogP) is 3.18. The molecule has 1 N–H and O–H groups in total. The molecule has 3 rings (SSSR count). The minimum atomic E-state index is -0.220. The number of fused-ring (bicyclic) bond motifs is 1. The lowest BCUT2D eigenvalue weighted by atomic mass is 10.2. The number of aromatic nitrogens is 4. The van der Waals surface area contributed by atoms with Crippen molar-refractivity contribution in [3.05, 3.63) is 40.3 Å². The van der Waals surface area contributed by atoms with Crippen LogP contribution in [0.3, 0.4) is 0 Å². The highest BCUT2D eigenvalue weighted by Crippen LogP contribution is 2.23. The number of nitrogens with one attached hydrogen (secondary N) is 1. The van der Waals surface area contributed by atoms with Crippen molar-refractivity contribution in [3.63, 3.8) is 0 Å². The number of anilines is 1. The fourth-order valence-corrected chi connectivity index (χ4v) is 3.01. The van der Waals surface area contributed by atoms with E-state index in [-0.39, 0.29) is 5.91 Å². The van der Waals surface area contributed by atoms with Crippen molar-refractivity contribution in [3.8, 4) is 0 Å². The molecule has 0 atom stereocenters. The number of nitrogens with zero attached hydrogens (tertiary/aromatic N) is 4. The van der Waals surface area contributed by atoms with Crippen LogP contribution >= 0.6 is 11.3 Å². The number of pyridine rings is 1. The highest BCUT2D eigenvalue weighted by atomic mass is 32.1. The summed E-state index contributed by atoms with van der Waals surface area (Å²) >= 11 is 1.40. The van der Waals surface area contributed by atoms with Crippen molar-refractivity contribution in [1.82, 2.24) is 19.6 Å². The van der Waals surface area contributed by atoms with Crippen molar-refractivity contribution < 1.29 is 4.79 Å². The zero-order chi connectivity index (χ0) is 15.9. The Morgan fingerprint density at radius 3 is 2.77 bits per heavy atom. The zero-order valence-corrected chi connectivity index (χ0v) is 13.7. The molecule has 0 aromatic carbocycles. The van der Waals surface area contributed by atoms with Crippen LogP contribution in [0.4, 0.5) is 5.13 Å². The van der Waals surface area contributed by atoms with Gasteiger partial charge in [-0.3, -0.25) is 14.5 Å². The predicted molar refractivity (Wildman–Crippen MR) is 86.6 cm³/mol. The average molecular weight is 315 g/mol. The van der Waals surface area contributed by atoms with Gasteiger partial charge in [-0.05, 0) is 25.5 Å². The second kappa shape index (κ2) is 5.49. The van der Waals surface area contributed by atoms with Gasteiger partial charge in [-0.1, -0.05) is 31.3 Å². The molecule has 0 saturated carbocycles. The molecule has 7 heteroatoms. The van der Waals surface area contributed by atoms with Gasteiger partial charge in [0.05, 0.1) is 5.69 Å². The summed E-state index contributed by atoms with van der Waals surface area (Å²) in [6.45, 7) is 7.90. The van der Waals surface area contributed by atoms with E-state index < -0.39 is 0 Å². The first kappa shape index (κ1) is 14.6. The minimum absolute atomic E-state index is 0.220. The third-order valence-electron chi connectivity index (χ3n) is 3.39. The maximum Gasteiger partial charge on any atom is 0.276 e. The molecule has 3 heterocycles. The van der Waals surface area contributed by atoms with E-state index in [1.807, 2.05) is 50.4 Å². The lowest BCUT2D eigenvalue weighted by Gasteiger charge is -2.03. The summed E-state index contributed by atoms with van der Waals surface area (Å²) in [5.41, 5.74) is 3.05. The Morgan fingerprint density at radius 2 is 2.09 bits per heavy atom. The topological polar surface area (TPSA) is 72.2 Å². The number of amides is 1. The van der Waals surface area contributed by atoms with Gasteiger partial charge in [0.25, 0.3) is 5.91 Å². The molecule has 0 aliphatic carbocycles. The highest BCUT2D eigenvalue weighted by Gasteiger charge is 2.19. The Morgan fingerprint density at radius 1 is 1.32 bits per heavy atom. The van der Waals surface area contributed by atoms with Gasteiger partial charge in [-0.15, -0.1) is 10.2 Å². The molecule has 0 radical (unpaired) electrons. The molecule has 0 spiro atoms. The molecular formula is C15H17N5OS. The summed E-state index contributed by atoms with van der Waals surface area (Å²) < 4.78 is 1.81. The van der Waals surface area contributed by atoms with E-state index in [2.05, 4.69) is 20.5 Å². The summed E-state index contributed by atoms with van der Waals surface area (Å²) in [5, 5.41) is 12.3. The van der Waals surface area contributed by atoms with Gasteiger partial charge in [0, 0.05) is 12.1 Å². The molecule has 0 bridgehead atoms. The smallest absolute Gasteiger partial charge is 0.276 e. The molecule has 6 nitrogen and oxygen atoms in total. The zero-order valence-electron chi connectivity index (χ0n) is 12.9. The SMILES string of the molecule is Cc1nc2c(C)cccn2c1C(=O)Nc1nnc(C(C)C)s1. The molecule has 0 saturated heterocycles. The maximum atomic E-state index is 12.6. The third kappa shape index (κ3) is 2.48. The van der Waals surface area contributed by atoms with E-state index in [1.54, 1.807) is 0 Å². The highest BCUT2D eigenvalue weighted by molar-refractivity contribution is 7.15. The second-order valence-corrected chi connectivity index (χ2v) is 6.49. The molecule has 3 aromatic rings. The first-order valence-electron chi connectivity index (χ1n) is 7.06. The Bertz CT molecular complexity index is 849. The summed E-state index contributed by atoms with van der Waals surface area (Å²) in [7, 11) is 0. The first-order valence-corrected chi connectivity index (χ1v) is 7.88. The van der Waals surface area contributed by atoms with E-state index in [0.717, 1.165) is 16.2 Å². The van der Waals surface area contributed by atoms with Crippen molar-refractivity contribution in [1.29, 1.82) is 0 Å². The van der Waals surface area contributed by atoms with Gasteiger partial charge in [-0.2, -0.15) is 0 Å². The van der Waals surface area contributed by atoms with Crippen molar-refractivity contribution >= 4 is 28.0 Å². The van der Waals surface area contributed by atoms with Gasteiger partial charge in [-0.25, -0.2) is 4.98 Å². The number of hydrogen-bond donors (Lipinski definition) is 1. The lowest BCUT2D eigenvalue weighted by molar-refractivity contribution is 0.102. The molecule has 3 aromatic heterocycles.